The predicted octanol–water partition coefficient (Wildman–Crippen LogP) is 6.23. The highest BCUT2D eigenvalue weighted by molar-refractivity contribution is 5.85. The molecule has 1 unspecified atom stereocenters. The lowest BCUT2D eigenvalue weighted by atomic mass is 10.0. The molecule has 0 aliphatic heterocycles. The first-order valence-electron chi connectivity index (χ1n) is 9.86. The van der Waals surface area contributed by atoms with Gasteiger partial charge in [0.05, 0.1) is 18.8 Å². The van der Waals surface area contributed by atoms with Gasteiger partial charge in [-0.1, -0.05) is 18.2 Å². The van der Waals surface area contributed by atoms with Crippen molar-refractivity contribution in [1.82, 2.24) is 5.32 Å². The Morgan fingerprint density at radius 1 is 0.862 bits per heavy atom. The molecule has 0 heterocycles. The van der Waals surface area contributed by atoms with Crippen LogP contribution in [0.5, 0.6) is 17.2 Å². The molecule has 0 aliphatic carbocycles. The molecule has 0 radical (unpaired) electrons. The summed E-state index contributed by atoms with van der Waals surface area (Å²) in [6.07, 6.45) is -0.268. The van der Waals surface area contributed by atoms with Crippen molar-refractivity contribution < 1.29 is 19.0 Å². The number of hydrogen-bond donors (Lipinski definition) is 1. The van der Waals surface area contributed by atoms with Gasteiger partial charge in [-0.3, -0.25) is 0 Å². The van der Waals surface area contributed by atoms with Crippen LogP contribution in [-0.4, -0.2) is 18.8 Å². The van der Waals surface area contributed by atoms with Gasteiger partial charge in [-0.05, 0) is 86.5 Å². The first kappa shape index (κ1) is 20.5. The van der Waals surface area contributed by atoms with Crippen LogP contribution in [0.15, 0.2) is 60.7 Å². The van der Waals surface area contributed by atoms with Crippen LogP contribution < -0.4 is 14.8 Å². The quantitative estimate of drug-likeness (QED) is 0.517. The van der Waals surface area contributed by atoms with Crippen LogP contribution in [0.3, 0.4) is 0 Å². The Hall–Kier alpha value is -3.21. The zero-order chi connectivity index (χ0) is 20.8. The maximum Gasteiger partial charge on any atom is 0.407 e. The highest BCUT2D eigenvalue weighted by Crippen LogP contribution is 2.28. The maximum absolute atomic E-state index is 11.6. The molecule has 1 N–H and O–H groups in total. The Balaban J connectivity index is 1.71. The van der Waals surface area contributed by atoms with Gasteiger partial charge in [0.15, 0.2) is 0 Å². The fourth-order valence-electron chi connectivity index (χ4n) is 3.00. The molecule has 0 fully saturated rings. The lowest BCUT2D eigenvalue weighted by molar-refractivity contribution is 0.149. The van der Waals surface area contributed by atoms with E-state index in [-0.39, 0.29) is 12.1 Å². The van der Waals surface area contributed by atoms with Gasteiger partial charge in [0, 0.05) is 0 Å². The SMILES string of the molecule is CCOC(=O)NC(C)c1ccc2cc(Oc3ccc(OC(C)C)cc3)ccc2c1. The second-order valence-electron chi connectivity index (χ2n) is 7.09. The summed E-state index contributed by atoms with van der Waals surface area (Å²) < 4.78 is 16.6. The fraction of sp³-hybridized carbons (Fsp3) is 0.292. The Morgan fingerprint density at radius 3 is 2.17 bits per heavy atom. The van der Waals surface area contributed by atoms with Crippen LogP contribution in [0.2, 0.25) is 0 Å². The van der Waals surface area contributed by atoms with E-state index in [0.717, 1.165) is 33.6 Å². The van der Waals surface area contributed by atoms with Gasteiger partial charge in [-0.25, -0.2) is 4.79 Å². The van der Waals surface area contributed by atoms with Crippen LogP contribution in [0.25, 0.3) is 10.8 Å². The molecule has 0 aromatic heterocycles. The lowest BCUT2D eigenvalue weighted by Crippen LogP contribution is -2.27. The number of amides is 1. The van der Waals surface area contributed by atoms with E-state index in [4.69, 9.17) is 14.2 Å². The van der Waals surface area contributed by atoms with Crippen molar-refractivity contribution in [2.24, 2.45) is 0 Å². The molecule has 29 heavy (non-hydrogen) atoms. The number of rotatable bonds is 7. The number of fused-ring (bicyclic) bond motifs is 1. The monoisotopic (exact) mass is 393 g/mol. The Morgan fingerprint density at radius 2 is 1.48 bits per heavy atom. The molecule has 1 amide bonds. The summed E-state index contributed by atoms with van der Waals surface area (Å²) in [6.45, 7) is 8.07. The average molecular weight is 393 g/mol. The normalized spacial score (nSPS) is 11.9. The lowest BCUT2D eigenvalue weighted by Gasteiger charge is -2.15. The molecule has 0 aliphatic rings. The summed E-state index contributed by atoms with van der Waals surface area (Å²) in [7, 11) is 0. The second kappa shape index (κ2) is 9.32. The highest BCUT2D eigenvalue weighted by Gasteiger charge is 2.11. The maximum atomic E-state index is 11.6. The van der Waals surface area contributed by atoms with Crippen LogP contribution >= 0.6 is 0 Å². The zero-order valence-electron chi connectivity index (χ0n) is 17.3. The largest absolute Gasteiger partial charge is 0.491 e. The number of hydrogen-bond acceptors (Lipinski definition) is 4. The molecule has 0 saturated carbocycles. The molecule has 3 aromatic rings. The summed E-state index contributed by atoms with van der Waals surface area (Å²) in [5.74, 6) is 2.34. The number of nitrogens with one attached hydrogen (secondary N) is 1. The summed E-state index contributed by atoms with van der Waals surface area (Å²) in [5.41, 5.74) is 1.01. The Bertz CT molecular complexity index is 966. The van der Waals surface area contributed by atoms with E-state index >= 15 is 0 Å². The van der Waals surface area contributed by atoms with Crippen molar-refractivity contribution in [2.45, 2.75) is 39.8 Å². The molecule has 5 nitrogen and oxygen atoms in total. The predicted molar refractivity (Wildman–Crippen MR) is 115 cm³/mol. The molecule has 1 atom stereocenters. The molecular weight excluding hydrogens is 366 g/mol. The van der Waals surface area contributed by atoms with E-state index in [1.807, 2.05) is 75.4 Å². The van der Waals surface area contributed by atoms with E-state index in [0.29, 0.717) is 6.61 Å². The van der Waals surface area contributed by atoms with Crippen molar-refractivity contribution in [3.05, 3.63) is 66.2 Å². The minimum atomic E-state index is -0.409. The fourth-order valence-corrected chi connectivity index (χ4v) is 3.00. The summed E-state index contributed by atoms with van der Waals surface area (Å²) >= 11 is 0. The standard InChI is InChI=1S/C24H27NO4/c1-5-27-24(26)25-17(4)18-6-7-20-15-23(9-8-19(20)14-18)29-22-12-10-21(11-13-22)28-16(2)3/h6-17H,5H2,1-4H3,(H,25,26). The summed E-state index contributed by atoms with van der Waals surface area (Å²) in [4.78, 5) is 11.6. The molecule has 0 saturated heterocycles. The first-order chi connectivity index (χ1) is 13.9. The number of alkyl carbamates (subject to hydrolysis) is 1. The van der Waals surface area contributed by atoms with Gasteiger partial charge >= 0.3 is 6.09 Å². The zero-order valence-corrected chi connectivity index (χ0v) is 17.3. The molecule has 3 rings (SSSR count). The van der Waals surface area contributed by atoms with Crippen LogP contribution in [-0.2, 0) is 4.74 Å². The van der Waals surface area contributed by atoms with Gasteiger partial charge in [0.1, 0.15) is 17.2 Å². The van der Waals surface area contributed by atoms with E-state index in [1.54, 1.807) is 6.92 Å². The third kappa shape index (κ3) is 5.64. The van der Waals surface area contributed by atoms with E-state index in [1.165, 1.54) is 0 Å². The smallest absolute Gasteiger partial charge is 0.407 e. The third-order valence-corrected chi connectivity index (χ3v) is 4.38. The molecule has 3 aromatic carbocycles. The van der Waals surface area contributed by atoms with Gasteiger partial charge in [-0.15, -0.1) is 0 Å². The summed E-state index contributed by atoms with van der Waals surface area (Å²) in [6, 6.07) is 19.5. The van der Waals surface area contributed by atoms with Crippen LogP contribution in [0, 0.1) is 0 Å². The number of ether oxygens (including phenoxy) is 3. The van der Waals surface area contributed by atoms with E-state index in [9.17, 15) is 4.79 Å². The van der Waals surface area contributed by atoms with Crippen molar-refractivity contribution in [2.75, 3.05) is 6.61 Å². The minimum absolute atomic E-state index is 0.138. The third-order valence-electron chi connectivity index (χ3n) is 4.38. The number of carbonyl (C=O) groups is 1. The molecule has 0 spiro atoms. The van der Waals surface area contributed by atoms with Gasteiger partial charge in [0.25, 0.3) is 0 Å². The Labute approximate surface area is 171 Å². The first-order valence-corrected chi connectivity index (χ1v) is 9.86. The van der Waals surface area contributed by atoms with Crippen molar-refractivity contribution in [3.8, 4) is 17.2 Å². The van der Waals surface area contributed by atoms with Crippen molar-refractivity contribution in [3.63, 3.8) is 0 Å². The highest BCUT2D eigenvalue weighted by atomic mass is 16.5. The van der Waals surface area contributed by atoms with Crippen molar-refractivity contribution >= 4 is 16.9 Å². The van der Waals surface area contributed by atoms with E-state index in [2.05, 4.69) is 11.4 Å². The van der Waals surface area contributed by atoms with Crippen LogP contribution in [0.4, 0.5) is 4.79 Å². The van der Waals surface area contributed by atoms with Crippen molar-refractivity contribution in [1.29, 1.82) is 0 Å². The topological polar surface area (TPSA) is 56.8 Å². The molecule has 152 valence electrons. The Kier molecular flexibility index (Phi) is 6.60. The molecule has 0 bridgehead atoms. The second-order valence-corrected chi connectivity index (χ2v) is 7.09. The van der Waals surface area contributed by atoms with Crippen LogP contribution in [0.1, 0.15) is 39.3 Å². The average Bonchev–Trinajstić information content (AvgIpc) is 2.69. The van der Waals surface area contributed by atoms with Gasteiger partial charge in [0.2, 0.25) is 0 Å². The van der Waals surface area contributed by atoms with Gasteiger partial charge < -0.3 is 19.5 Å². The summed E-state index contributed by atoms with van der Waals surface area (Å²) in [5, 5.41) is 4.97. The number of carbonyl (C=O) groups excluding carboxylic acids is 1. The molecule has 5 heteroatoms. The van der Waals surface area contributed by atoms with E-state index < -0.39 is 6.09 Å². The minimum Gasteiger partial charge on any atom is -0.491 e. The van der Waals surface area contributed by atoms with Gasteiger partial charge in [-0.2, -0.15) is 0 Å². The number of benzene rings is 3. The molecular formula is C24H27NO4.